The summed E-state index contributed by atoms with van der Waals surface area (Å²) in [5, 5.41) is 12.9. The highest BCUT2D eigenvalue weighted by atomic mass is 16.4. The monoisotopic (exact) mass is 224 g/mol. The molecule has 1 heterocycles. The van der Waals surface area contributed by atoms with Crippen LogP contribution in [0.25, 0.3) is 0 Å². The number of carbonyl (C=O) groups is 2. The fraction of sp³-hybridized carbons (Fsp3) is 0.455. The molecule has 0 saturated heterocycles. The number of carbonyl (C=O) groups excluding carboxylic acids is 2. The lowest BCUT2D eigenvalue weighted by molar-refractivity contribution is -0.306. The Labute approximate surface area is 93.4 Å². The summed E-state index contributed by atoms with van der Waals surface area (Å²) in [7, 11) is 0. The Morgan fingerprint density at radius 1 is 1.50 bits per heavy atom. The normalized spacial score (nSPS) is 12.1. The lowest BCUT2D eigenvalue weighted by Gasteiger charge is -2.11. The average Bonchev–Trinajstić information content (AvgIpc) is 2.65. The average molecular weight is 224 g/mol. The summed E-state index contributed by atoms with van der Waals surface area (Å²) in [6.07, 6.45) is 1.60. The van der Waals surface area contributed by atoms with Gasteiger partial charge in [0.15, 0.2) is 0 Å². The second kappa shape index (κ2) is 5.95. The van der Waals surface area contributed by atoms with Gasteiger partial charge in [-0.05, 0) is 24.5 Å². The van der Waals surface area contributed by atoms with E-state index in [0.29, 0.717) is 12.3 Å². The van der Waals surface area contributed by atoms with E-state index in [1.807, 2.05) is 0 Å². The Morgan fingerprint density at radius 3 is 2.81 bits per heavy atom. The van der Waals surface area contributed by atoms with Gasteiger partial charge in [-0.2, -0.15) is 0 Å². The largest absolute Gasteiger partial charge is 0.550 e. The van der Waals surface area contributed by atoms with Gasteiger partial charge < -0.3 is 19.6 Å². The third-order valence-electron chi connectivity index (χ3n) is 2.09. The molecular weight excluding hydrogens is 210 g/mol. The van der Waals surface area contributed by atoms with Gasteiger partial charge >= 0.3 is 0 Å². The number of carboxylic acids is 1. The highest BCUT2D eigenvalue weighted by molar-refractivity contribution is 5.76. The molecule has 1 rings (SSSR count). The van der Waals surface area contributed by atoms with Crippen LogP contribution in [0.1, 0.15) is 25.5 Å². The number of hydrogen-bond acceptors (Lipinski definition) is 4. The van der Waals surface area contributed by atoms with Crippen LogP contribution in [0.3, 0.4) is 0 Å². The zero-order chi connectivity index (χ0) is 12.0. The smallest absolute Gasteiger partial charge is 0.220 e. The lowest BCUT2D eigenvalue weighted by Crippen LogP contribution is -2.28. The minimum Gasteiger partial charge on any atom is -0.550 e. The molecule has 0 aromatic carbocycles. The van der Waals surface area contributed by atoms with Gasteiger partial charge in [0, 0.05) is 12.4 Å². The molecule has 0 aliphatic heterocycles. The Morgan fingerprint density at radius 2 is 2.25 bits per heavy atom. The zero-order valence-corrected chi connectivity index (χ0v) is 9.06. The SMILES string of the molecule is C[C@H](CC(=O)[O-])CC(=O)NCc1ccco1. The lowest BCUT2D eigenvalue weighted by atomic mass is 10.0. The van der Waals surface area contributed by atoms with Crippen molar-refractivity contribution in [2.24, 2.45) is 5.92 Å². The maximum absolute atomic E-state index is 11.4. The molecule has 5 heteroatoms. The molecule has 0 saturated carbocycles. The van der Waals surface area contributed by atoms with Crippen molar-refractivity contribution in [3.8, 4) is 0 Å². The van der Waals surface area contributed by atoms with E-state index in [4.69, 9.17) is 4.42 Å². The van der Waals surface area contributed by atoms with Gasteiger partial charge in [0.1, 0.15) is 5.76 Å². The number of hydrogen-bond donors (Lipinski definition) is 1. The maximum atomic E-state index is 11.4. The molecule has 0 bridgehead atoms. The molecule has 0 spiro atoms. The predicted octanol–water partition coefficient (Wildman–Crippen LogP) is 0.0620. The first-order chi connectivity index (χ1) is 7.58. The molecule has 1 amide bonds. The molecular formula is C11H14NO4-. The summed E-state index contributed by atoms with van der Waals surface area (Å²) in [5.74, 6) is -0.876. The topological polar surface area (TPSA) is 82.4 Å². The standard InChI is InChI=1S/C11H15NO4/c1-8(6-11(14)15)5-10(13)12-7-9-3-2-4-16-9/h2-4,8H,5-7H2,1H3,(H,12,13)(H,14,15)/p-1/t8-/m0/s1. The van der Waals surface area contributed by atoms with E-state index >= 15 is 0 Å². The van der Waals surface area contributed by atoms with Crippen molar-refractivity contribution >= 4 is 11.9 Å². The van der Waals surface area contributed by atoms with Gasteiger partial charge in [0.2, 0.25) is 5.91 Å². The Bertz CT molecular complexity index is 345. The van der Waals surface area contributed by atoms with Crippen LogP contribution in [0.4, 0.5) is 0 Å². The summed E-state index contributed by atoms with van der Waals surface area (Å²) in [4.78, 5) is 21.6. The first-order valence-electron chi connectivity index (χ1n) is 5.07. The van der Waals surface area contributed by atoms with Crippen LogP contribution in [-0.4, -0.2) is 11.9 Å². The summed E-state index contributed by atoms with van der Waals surface area (Å²) >= 11 is 0. The molecule has 0 fully saturated rings. The molecule has 0 aliphatic rings. The molecule has 1 aromatic rings. The van der Waals surface area contributed by atoms with Crippen molar-refractivity contribution in [1.82, 2.24) is 5.32 Å². The number of rotatable bonds is 6. The fourth-order valence-electron chi connectivity index (χ4n) is 1.34. The number of nitrogens with one attached hydrogen (secondary N) is 1. The van der Waals surface area contributed by atoms with E-state index in [1.54, 1.807) is 19.1 Å². The van der Waals surface area contributed by atoms with E-state index in [9.17, 15) is 14.7 Å². The van der Waals surface area contributed by atoms with Gasteiger partial charge in [-0.15, -0.1) is 0 Å². The number of furan rings is 1. The van der Waals surface area contributed by atoms with Gasteiger partial charge in [-0.1, -0.05) is 6.92 Å². The molecule has 1 aromatic heterocycles. The van der Waals surface area contributed by atoms with Crippen LogP contribution in [0.5, 0.6) is 0 Å². The number of carboxylic acid groups (broad SMARTS) is 1. The molecule has 0 radical (unpaired) electrons. The zero-order valence-electron chi connectivity index (χ0n) is 9.06. The first kappa shape index (κ1) is 12.3. The molecule has 0 aliphatic carbocycles. The van der Waals surface area contributed by atoms with Crippen molar-refractivity contribution in [3.05, 3.63) is 24.2 Å². The second-order valence-electron chi connectivity index (χ2n) is 3.74. The van der Waals surface area contributed by atoms with Crippen molar-refractivity contribution in [3.63, 3.8) is 0 Å². The van der Waals surface area contributed by atoms with Crippen LogP contribution in [-0.2, 0) is 16.1 Å². The maximum Gasteiger partial charge on any atom is 0.220 e. The van der Waals surface area contributed by atoms with Crippen molar-refractivity contribution in [2.45, 2.75) is 26.3 Å². The first-order valence-corrected chi connectivity index (χ1v) is 5.07. The highest BCUT2D eigenvalue weighted by Crippen LogP contribution is 2.06. The van der Waals surface area contributed by atoms with Crippen LogP contribution in [0.2, 0.25) is 0 Å². The minimum absolute atomic E-state index is 0.103. The van der Waals surface area contributed by atoms with Crippen molar-refractivity contribution in [1.29, 1.82) is 0 Å². The van der Waals surface area contributed by atoms with Gasteiger partial charge in [-0.25, -0.2) is 0 Å². The van der Waals surface area contributed by atoms with Crippen molar-refractivity contribution < 1.29 is 19.1 Å². The van der Waals surface area contributed by atoms with Gasteiger partial charge in [0.05, 0.1) is 12.8 Å². The fourth-order valence-corrected chi connectivity index (χ4v) is 1.34. The Kier molecular flexibility index (Phi) is 4.57. The Balaban J connectivity index is 2.23. The molecule has 1 N–H and O–H groups in total. The third kappa shape index (κ3) is 4.63. The van der Waals surface area contributed by atoms with Crippen molar-refractivity contribution in [2.75, 3.05) is 0 Å². The van der Waals surface area contributed by atoms with Gasteiger partial charge in [0.25, 0.3) is 0 Å². The molecule has 0 unspecified atom stereocenters. The number of aliphatic carboxylic acids is 1. The minimum atomic E-state index is -1.13. The van der Waals surface area contributed by atoms with E-state index < -0.39 is 5.97 Å². The summed E-state index contributed by atoms with van der Waals surface area (Å²) in [6, 6.07) is 3.49. The quantitative estimate of drug-likeness (QED) is 0.740. The van der Waals surface area contributed by atoms with Crippen LogP contribution < -0.4 is 10.4 Å². The van der Waals surface area contributed by atoms with E-state index in [2.05, 4.69) is 5.32 Å². The molecule has 16 heavy (non-hydrogen) atoms. The molecule has 5 nitrogen and oxygen atoms in total. The van der Waals surface area contributed by atoms with Gasteiger partial charge in [-0.3, -0.25) is 4.79 Å². The predicted molar refractivity (Wildman–Crippen MR) is 54.0 cm³/mol. The number of amides is 1. The molecule has 88 valence electrons. The van der Waals surface area contributed by atoms with Crippen LogP contribution in [0, 0.1) is 5.92 Å². The third-order valence-corrected chi connectivity index (χ3v) is 2.09. The van der Waals surface area contributed by atoms with E-state index in [1.165, 1.54) is 6.26 Å². The summed E-state index contributed by atoms with van der Waals surface area (Å²) in [6.45, 7) is 2.02. The highest BCUT2D eigenvalue weighted by Gasteiger charge is 2.09. The summed E-state index contributed by atoms with van der Waals surface area (Å²) in [5.41, 5.74) is 0. The van der Waals surface area contributed by atoms with Crippen LogP contribution >= 0.6 is 0 Å². The summed E-state index contributed by atoms with van der Waals surface area (Å²) < 4.78 is 5.03. The second-order valence-corrected chi connectivity index (χ2v) is 3.74. The molecule has 1 atom stereocenters. The van der Waals surface area contributed by atoms with Crippen LogP contribution in [0.15, 0.2) is 22.8 Å². The van der Waals surface area contributed by atoms with E-state index in [0.717, 1.165) is 0 Å². The van der Waals surface area contributed by atoms with E-state index in [-0.39, 0.29) is 24.7 Å². The Hall–Kier alpha value is -1.78.